The SMILES string of the molecule is CC[C@@](O)(c1cc(F)c2c(c1)C(=O)N1[C@H](c3ccc(Cl)cc3)[C@@H](C(=O)O)CO[C@]21c1ccc(Cl)cc1)C1CCOCC1. The summed E-state index contributed by atoms with van der Waals surface area (Å²) in [6.07, 6.45) is 1.50. The fourth-order valence-corrected chi connectivity index (χ4v) is 7.15. The molecule has 3 aromatic carbocycles. The van der Waals surface area contributed by atoms with Gasteiger partial charge in [0.05, 0.1) is 29.4 Å². The van der Waals surface area contributed by atoms with Crippen LogP contribution in [0.5, 0.6) is 0 Å². The van der Waals surface area contributed by atoms with Gasteiger partial charge in [0.25, 0.3) is 5.91 Å². The number of ether oxygens (including phenoxy) is 2. The normalized spacial score (nSPS) is 25.5. The predicted octanol–water partition coefficient (Wildman–Crippen LogP) is 6.29. The number of rotatable bonds is 6. The maximum Gasteiger partial charge on any atom is 0.311 e. The van der Waals surface area contributed by atoms with Crippen LogP contribution in [-0.4, -0.2) is 46.8 Å². The molecule has 3 aliphatic heterocycles. The largest absolute Gasteiger partial charge is 0.481 e. The summed E-state index contributed by atoms with van der Waals surface area (Å²) in [6.45, 7) is 2.51. The van der Waals surface area contributed by atoms with Gasteiger partial charge in [-0.15, -0.1) is 0 Å². The number of carbonyl (C=O) groups excluding carboxylic acids is 1. The first-order chi connectivity index (χ1) is 20.1. The van der Waals surface area contributed by atoms with Crippen molar-refractivity contribution in [2.75, 3.05) is 19.8 Å². The third-order valence-corrected chi connectivity index (χ3v) is 9.55. The molecule has 1 amide bonds. The number of halogens is 3. The van der Waals surface area contributed by atoms with Gasteiger partial charge in [-0.05, 0) is 72.7 Å². The molecule has 0 aromatic heterocycles. The standard InChI is InChI=1S/C32H30Cl2FNO6/c1-2-31(40,19-11-13-41-14-12-19)21-15-24-27(26(35)16-21)32(20-5-9-23(34)10-6-20)36(29(24)37)28(25(17-42-32)30(38)39)18-3-7-22(33)8-4-18/h3-10,15-16,19,25,28,40H,2,11-14,17H2,1H3,(H,38,39)/t25-,28+,31-,32+/m0/s1. The number of benzene rings is 3. The number of carboxylic acids is 1. The molecule has 0 aliphatic carbocycles. The van der Waals surface area contributed by atoms with Gasteiger partial charge >= 0.3 is 5.97 Å². The third-order valence-electron chi connectivity index (χ3n) is 9.05. The Bertz CT molecular complexity index is 1530. The van der Waals surface area contributed by atoms with Gasteiger partial charge in [-0.2, -0.15) is 0 Å². The van der Waals surface area contributed by atoms with Crippen molar-refractivity contribution in [1.29, 1.82) is 0 Å². The Balaban J connectivity index is 1.59. The number of carbonyl (C=O) groups is 2. The van der Waals surface area contributed by atoms with E-state index in [1.54, 1.807) is 54.6 Å². The predicted molar refractivity (Wildman–Crippen MR) is 154 cm³/mol. The van der Waals surface area contributed by atoms with Gasteiger partial charge in [0.15, 0.2) is 0 Å². The molecular formula is C32H30Cl2FNO6. The van der Waals surface area contributed by atoms with E-state index < -0.39 is 41.0 Å². The Morgan fingerprint density at radius 1 is 1.07 bits per heavy atom. The van der Waals surface area contributed by atoms with Gasteiger partial charge < -0.3 is 19.7 Å². The first kappa shape index (κ1) is 29.1. The number of carboxylic acid groups (broad SMARTS) is 1. The van der Waals surface area contributed by atoms with Crippen LogP contribution in [0, 0.1) is 17.7 Å². The van der Waals surface area contributed by atoms with Crippen LogP contribution in [-0.2, 0) is 25.6 Å². The van der Waals surface area contributed by atoms with Gasteiger partial charge in [-0.25, -0.2) is 4.39 Å². The van der Waals surface area contributed by atoms with E-state index in [9.17, 15) is 19.8 Å². The van der Waals surface area contributed by atoms with Crippen LogP contribution < -0.4 is 0 Å². The van der Waals surface area contributed by atoms with Gasteiger partial charge in [-0.3, -0.25) is 14.5 Å². The Kier molecular flexibility index (Phi) is 7.56. The molecule has 0 radical (unpaired) electrons. The van der Waals surface area contributed by atoms with Crippen molar-refractivity contribution in [2.24, 2.45) is 11.8 Å². The zero-order valence-electron chi connectivity index (χ0n) is 22.9. The summed E-state index contributed by atoms with van der Waals surface area (Å²) in [7, 11) is 0. The molecule has 7 nitrogen and oxygen atoms in total. The minimum atomic E-state index is -1.78. The Morgan fingerprint density at radius 2 is 1.69 bits per heavy atom. The first-order valence-corrected chi connectivity index (χ1v) is 14.7. The zero-order valence-corrected chi connectivity index (χ0v) is 24.4. The molecule has 3 heterocycles. The first-order valence-electron chi connectivity index (χ1n) is 14.0. The maximum absolute atomic E-state index is 16.6. The minimum Gasteiger partial charge on any atom is -0.481 e. The lowest BCUT2D eigenvalue weighted by molar-refractivity contribution is -0.196. The molecule has 4 atom stereocenters. The van der Waals surface area contributed by atoms with E-state index in [1.165, 1.54) is 11.0 Å². The maximum atomic E-state index is 16.6. The molecular weight excluding hydrogens is 584 g/mol. The summed E-state index contributed by atoms with van der Waals surface area (Å²) < 4.78 is 28.5. The summed E-state index contributed by atoms with van der Waals surface area (Å²) in [6, 6.07) is 14.9. The molecule has 3 aromatic rings. The average molecular weight is 614 g/mol. The van der Waals surface area contributed by atoms with Crippen LogP contribution in [0.4, 0.5) is 4.39 Å². The Hall–Kier alpha value is -3.01. The van der Waals surface area contributed by atoms with Crippen molar-refractivity contribution in [2.45, 2.75) is 43.6 Å². The van der Waals surface area contributed by atoms with Crippen molar-refractivity contribution >= 4 is 35.1 Å². The van der Waals surface area contributed by atoms with E-state index in [0.29, 0.717) is 59.2 Å². The fraction of sp³-hybridized carbons (Fsp3) is 0.375. The molecule has 42 heavy (non-hydrogen) atoms. The zero-order chi connectivity index (χ0) is 29.8. The van der Waals surface area contributed by atoms with E-state index in [1.807, 2.05) is 6.92 Å². The van der Waals surface area contributed by atoms with E-state index in [2.05, 4.69) is 0 Å². The molecule has 0 spiro atoms. The highest BCUT2D eigenvalue weighted by atomic mass is 35.5. The highest BCUT2D eigenvalue weighted by Gasteiger charge is 2.62. The quantitative estimate of drug-likeness (QED) is 0.339. The molecule has 3 aliphatic rings. The number of fused-ring (bicyclic) bond motifs is 3. The number of nitrogens with zero attached hydrogens (tertiary/aromatic N) is 1. The van der Waals surface area contributed by atoms with Gasteiger partial charge in [0.1, 0.15) is 11.7 Å². The van der Waals surface area contributed by atoms with Crippen molar-refractivity contribution < 1.29 is 33.7 Å². The monoisotopic (exact) mass is 613 g/mol. The van der Waals surface area contributed by atoms with E-state index in [0.717, 1.165) is 0 Å². The lowest BCUT2D eigenvalue weighted by Gasteiger charge is -2.49. The van der Waals surface area contributed by atoms with E-state index in [-0.39, 0.29) is 23.7 Å². The number of aliphatic hydroxyl groups is 1. The smallest absolute Gasteiger partial charge is 0.311 e. The van der Waals surface area contributed by atoms with Gasteiger partial charge in [0, 0.05) is 28.8 Å². The van der Waals surface area contributed by atoms with Crippen molar-refractivity contribution in [3.63, 3.8) is 0 Å². The molecule has 0 bridgehead atoms. The van der Waals surface area contributed by atoms with Crippen LogP contribution in [0.3, 0.4) is 0 Å². The second kappa shape index (κ2) is 10.9. The fourth-order valence-electron chi connectivity index (χ4n) is 6.90. The highest BCUT2D eigenvalue weighted by molar-refractivity contribution is 6.30. The highest BCUT2D eigenvalue weighted by Crippen LogP contribution is 2.56. The molecule has 220 valence electrons. The number of hydrogen-bond acceptors (Lipinski definition) is 5. The van der Waals surface area contributed by atoms with E-state index >= 15 is 4.39 Å². The molecule has 0 unspecified atom stereocenters. The number of hydrogen-bond donors (Lipinski definition) is 2. The number of aliphatic carboxylic acids is 1. The molecule has 6 rings (SSSR count). The van der Waals surface area contributed by atoms with Crippen molar-refractivity contribution in [3.8, 4) is 0 Å². The molecule has 2 saturated heterocycles. The van der Waals surface area contributed by atoms with Crippen LogP contribution in [0.1, 0.15) is 64.8 Å². The topological polar surface area (TPSA) is 96.3 Å². The average Bonchev–Trinajstić information content (AvgIpc) is 3.26. The Labute approximate surface area is 252 Å². The Morgan fingerprint density at radius 3 is 2.29 bits per heavy atom. The lowest BCUT2D eigenvalue weighted by Crippen LogP contribution is -2.57. The molecule has 10 heteroatoms. The van der Waals surface area contributed by atoms with Crippen molar-refractivity contribution in [3.05, 3.63) is 104 Å². The lowest BCUT2D eigenvalue weighted by atomic mass is 9.74. The summed E-state index contributed by atoms with van der Waals surface area (Å²) in [5.41, 5.74) is -1.94. The number of amides is 1. The summed E-state index contributed by atoms with van der Waals surface area (Å²) in [5, 5.41) is 23.0. The molecule has 2 N–H and O–H groups in total. The second-order valence-electron chi connectivity index (χ2n) is 11.1. The minimum absolute atomic E-state index is 0.0175. The molecule has 0 saturated carbocycles. The van der Waals surface area contributed by atoms with E-state index in [4.69, 9.17) is 32.7 Å². The second-order valence-corrected chi connectivity index (χ2v) is 12.0. The molecule has 2 fully saturated rings. The van der Waals surface area contributed by atoms with Crippen LogP contribution in [0.25, 0.3) is 0 Å². The third kappa shape index (κ3) is 4.43. The van der Waals surface area contributed by atoms with Crippen LogP contribution >= 0.6 is 23.2 Å². The summed E-state index contributed by atoms with van der Waals surface area (Å²) in [4.78, 5) is 28.4. The van der Waals surface area contributed by atoms with Gasteiger partial charge in [-0.1, -0.05) is 54.4 Å². The van der Waals surface area contributed by atoms with Crippen LogP contribution in [0.15, 0.2) is 60.7 Å². The van der Waals surface area contributed by atoms with Crippen LogP contribution in [0.2, 0.25) is 10.0 Å². The van der Waals surface area contributed by atoms with Crippen molar-refractivity contribution in [1.82, 2.24) is 4.90 Å². The summed E-state index contributed by atoms with van der Waals surface area (Å²) in [5.74, 6) is -3.83. The van der Waals surface area contributed by atoms with Gasteiger partial charge in [0.2, 0.25) is 5.72 Å². The summed E-state index contributed by atoms with van der Waals surface area (Å²) >= 11 is 12.3.